The number of nitrogen functional groups attached to an aromatic ring is 1. The van der Waals surface area contributed by atoms with Gasteiger partial charge >= 0.3 is 5.97 Å². The number of rotatable bonds is 6. The van der Waals surface area contributed by atoms with Gasteiger partial charge in [-0.3, -0.25) is 0 Å². The molecule has 2 unspecified atom stereocenters. The maximum Gasteiger partial charge on any atom is 0.337 e. The van der Waals surface area contributed by atoms with Gasteiger partial charge in [0.2, 0.25) is 0 Å². The van der Waals surface area contributed by atoms with E-state index >= 15 is 0 Å². The summed E-state index contributed by atoms with van der Waals surface area (Å²) in [7, 11) is 0. The van der Waals surface area contributed by atoms with Gasteiger partial charge in [-0.15, -0.1) is 0 Å². The van der Waals surface area contributed by atoms with Crippen molar-refractivity contribution in [2.75, 3.05) is 11.1 Å². The summed E-state index contributed by atoms with van der Waals surface area (Å²) in [5, 5.41) is 12.4. The highest BCUT2D eigenvalue weighted by molar-refractivity contribution is 5.95. The fourth-order valence-corrected chi connectivity index (χ4v) is 1.96. The Labute approximate surface area is 108 Å². The van der Waals surface area contributed by atoms with Crippen LogP contribution >= 0.6 is 0 Å². The number of carboxylic acid groups (broad SMARTS) is 1. The van der Waals surface area contributed by atoms with Crippen molar-refractivity contribution in [3.63, 3.8) is 0 Å². The van der Waals surface area contributed by atoms with Gasteiger partial charge in [-0.2, -0.15) is 0 Å². The number of hydrogen-bond donors (Lipinski definition) is 3. The predicted octanol–water partition coefficient (Wildman–Crippen LogP) is 3.20. The third-order valence-electron chi connectivity index (χ3n) is 3.13. The van der Waals surface area contributed by atoms with Gasteiger partial charge in [0.05, 0.1) is 11.3 Å². The first-order valence-corrected chi connectivity index (χ1v) is 6.33. The van der Waals surface area contributed by atoms with Crippen LogP contribution in [0, 0.1) is 5.92 Å². The van der Waals surface area contributed by atoms with Crippen molar-refractivity contribution in [3.8, 4) is 0 Å². The van der Waals surface area contributed by atoms with E-state index in [1.807, 2.05) is 0 Å². The monoisotopic (exact) mass is 250 g/mol. The molecule has 4 N–H and O–H groups in total. The summed E-state index contributed by atoms with van der Waals surface area (Å²) < 4.78 is 0. The standard InChI is InChI=1S/C14H22N2O2/c1-4-9(2)7-10(3)16-13-8-11(15)5-6-12(13)14(17)18/h5-6,8-10,16H,4,7,15H2,1-3H3,(H,17,18). The summed E-state index contributed by atoms with van der Waals surface area (Å²) in [5.41, 5.74) is 7.13. The van der Waals surface area contributed by atoms with Gasteiger partial charge in [0.15, 0.2) is 0 Å². The molecule has 0 aliphatic heterocycles. The summed E-state index contributed by atoms with van der Waals surface area (Å²) >= 11 is 0. The quantitative estimate of drug-likeness (QED) is 0.678. The Morgan fingerprint density at radius 2 is 2.11 bits per heavy atom. The summed E-state index contributed by atoms with van der Waals surface area (Å²) in [5.74, 6) is -0.324. The zero-order chi connectivity index (χ0) is 13.7. The minimum atomic E-state index is -0.937. The first-order valence-electron chi connectivity index (χ1n) is 6.33. The second kappa shape index (κ2) is 6.28. The topological polar surface area (TPSA) is 75.3 Å². The van der Waals surface area contributed by atoms with Crippen molar-refractivity contribution in [1.29, 1.82) is 0 Å². The maximum absolute atomic E-state index is 11.1. The lowest BCUT2D eigenvalue weighted by atomic mass is 10.00. The lowest BCUT2D eigenvalue weighted by Gasteiger charge is -2.20. The lowest BCUT2D eigenvalue weighted by Crippen LogP contribution is -2.20. The van der Waals surface area contributed by atoms with Crippen LogP contribution in [0.1, 0.15) is 44.0 Å². The molecule has 2 atom stereocenters. The Hall–Kier alpha value is -1.71. The number of nitrogens with one attached hydrogen (secondary N) is 1. The molecule has 0 amide bonds. The molecule has 1 aromatic rings. The molecule has 0 aliphatic rings. The zero-order valence-electron chi connectivity index (χ0n) is 11.2. The van der Waals surface area contributed by atoms with Crippen molar-refractivity contribution in [2.45, 2.75) is 39.7 Å². The molecular formula is C14H22N2O2. The van der Waals surface area contributed by atoms with E-state index in [0.29, 0.717) is 17.3 Å². The Balaban J connectivity index is 2.82. The molecule has 0 bridgehead atoms. The Kier molecular flexibility index (Phi) is 5.01. The van der Waals surface area contributed by atoms with E-state index < -0.39 is 5.97 Å². The van der Waals surface area contributed by atoms with E-state index in [2.05, 4.69) is 26.1 Å². The minimum Gasteiger partial charge on any atom is -0.478 e. The third kappa shape index (κ3) is 3.95. The molecule has 18 heavy (non-hydrogen) atoms. The number of carboxylic acids is 1. The van der Waals surface area contributed by atoms with E-state index in [1.165, 1.54) is 6.07 Å². The van der Waals surface area contributed by atoms with Crippen LogP contribution in [0.3, 0.4) is 0 Å². The SMILES string of the molecule is CCC(C)CC(C)Nc1cc(N)ccc1C(=O)O. The van der Waals surface area contributed by atoms with Crippen molar-refractivity contribution in [3.05, 3.63) is 23.8 Å². The maximum atomic E-state index is 11.1. The highest BCUT2D eigenvalue weighted by Crippen LogP contribution is 2.22. The molecule has 0 aromatic heterocycles. The number of anilines is 2. The summed E-state index contributed by atoms with van der Waals surface area (Å²) in [6.07, 6.45) is 2.12. The molecule has 0 aliphatic carbocycles. The number of aromatic carboxylic acids is 1. The summed E-state index contributed by atoms with van der Waals surface area (Å²) in [6.45, 7) is 6.40. The average molecular weight is 250 g/mol. The number of carbonyl (C=O) groups is 1. The van der Waals surface area contributed by atoms with Crippen LogP contribution in [0.25, 0.3) is 0 Å². The van der Waals surface area contributed by atoms with Gasteiger partial charge in [0.25, 0.3) is 0 Å². The van der Waals surface area contributed by atoms with Crippen molar-refractivity contribution in [1.82, 2.24) is 0 Å². The molecular weight excluding hydrogens is 228 g/mol. The number of hydrogen-bond acceptors (Lipinski definition) is 3. The van der Waals surface area contributed by atoms with Gasteiger partial charge in [-0.25, -0.2) is 4.79 Å². The van der Waals surface area contributed by atoms with Gasteiger partial charge < -0.3 is 16.2 Å². The van der Waals surface area contributed by atoms with Crippen LogP contribution in [0.2, 0.25) is 0 Å². The van der Waals surface area contributed by atoms with E-state index in [9.17, 15) is 4.79 Å². The summed E-state index contributed by atoms with van der Waals surface area (Å²) in [4.78, 5) is 11.1. The van der Waals surface area contributed by atoms with E-state index in [0.717, 1.165) is 12.8 Å². The molecule has 0 spiro atoms. The molecule has 0 saturated heterocycles. The Bertz CT molecular complexity index is 418. The van der Waals surface area contributed by atoms with Crippen LogP contribution < -0.4 is 11.1 Å². The van der Waals surface area contributed by atoms with Crippen LogP contribution in [-0.2, 0) is 0 Å². The molecule has 1 aromatic carbocycles. The van der Waals surface area contributed by atoms with E-state index in [4.69, 9.17) is 10.8 Å². The van der Waals surface area contributed by atoms with Crippen molar-refractivity contribution < 1.29 is 9.90 Å². The van der Waals surface area contributed by atoms with Crippen molar-refractivity contribution in [2.24, 2.45) is 5.92 Å². The van der Waals surface area contributed by atoms with Gasteiger partial charge in [0.1, 0.15) is 0 Å². The third-order valence-corrected chi connectivity index (χ3v) is 3.13. The number of nitrogens with two attached hydrogens (primary N) is 1. The van der Waals surface area contributed by atoms with E-state index in [1.54, 1.807) is 12.1 Å². The van der Waals surface area contributed by atoms with Gasteiger partial charge in [-0.05, 0) is 37.5 Å². The van der Waals surface area contributed by atoms with Crippen LogP contribution in [0.5, 0.6) is 0 Å². The molecule has 0 heterocycles. The first-order chi connectivity index (χ1) is 8.43. The molecule has 0 fully saturated rings. The normalized spacial score (nSPS) is 13.9. The van der Waals surface area contributed by atoms with E-state index in [-0.39, 0.29) is 11.6 Å². The molecule has 0 radical (unpaired) electrons. The lowest BCUT2D eigenvalue weighted by molar-refractivity contribution is 0.0698. The molecule has 4 heteroatoms. The molecule has 4 nitrogen and oxygen atoms in total. The van der Waals surface area contributed by atoms with Crippen molar-refractivity contribution >= 4 is 17.3 Å². The minimum absolute atomic E-state index is 0.222. The second-order valence-corrected chi connectivity index (χ2v) is 4.90. The Morgan fingerprint density at radius 3 is 2.67 bits per heavy atom. The fraction of sp³-hybridized carbons (Fsp3) is 0.500. The van der Waals surface area contributed by atoms with Crippen LogP contribution in [0.4, 0.5) is 11.4 Å². The second-order valence-electron chi connectivity index (χ2n) is 4.90. The smallest absolute Gasteiger partial charge is 0.337 e. The van der Waals surface area contributed by atoms with Crippen LogP contribution in [-0.4, -0.2) is 17.1 Å². The molecule has 0 saturated carbocycles. The Morgan fingerprint density at radius 1 is 1.44 bits per heavy atom. The van der Waals surface area contributed by atoms with Gasteiger partial charge in [-0.1, -0.05) is 20.3 Å². The zero-order valence-corrected chi connectivity index (χ0v) is 11.2. The number of benzene rings is 1. The average Bonchev–Trinajstić information content (AvgIpc) is 2.28. The first kappa shape index (κ1) is 14.4. The highest BCUT2D eigenvalue weighted by atomic mass is 16.4. The van der Waals surface area contributed by atoms with Gasteiger partial charge in [0, 0.05) is 11.7 Å². The largest absolute Gasteiger partial charge is 0.478 e. The van der Waals surface area contributed by atoms with Crippen LogP contribution in [0.15, 0.2) is 18.2 Å². The summed E-state index contributed by atoms with van der Waals surface area (Å²) in [6, 6.07) is 5.04. The predicted molar refractivity (Wildman–Crippen MR) is 75.0 cm³/mol. The molecule has 100 valence electrons. The highest BCUT2D eigenvalue weighted by Gasteiger charge is 2.13. The molecule has 1 rings (SSSR count). The fourth-order valence-electron chi connectivity index (χ4n) is 1.96.